The van der Waals surface area contributed by atoms with Crippen LogP contribution in [0.2, 0.25) is 0 Å². The van der Waals surface area contributed by atoms with Gasteiger partial charge < -0.3 is 5.32 Å². The van der Waals surface area contributed by atoms with E-state index in [4.69, 9.17) is 0 Å². The molecule has 0 bridgehead atoms. The van der Waals surface area contributed by atoms with Crippen molar-refractivity contribution in [2.24, 2.45) is 0 Å². The van der Waals surface area contributed by atoms with Crippen molar-refractivity contribution in [1.82, 2.24) is 4.90 Å². The molecule has 3 nitrogen and oxygen atoms in total. The maximum Gasteiger partial charge on any atom is 0.255 e. The monoisotopic (exact) mass is 468 g/mol. The Balaban J connectivity index is 1.34. The third-order valence-electron chi connectivity index (χ3n) is 6.98. The Hall–Kier alpha value is -2.95. The first-order chi connectivity index (χ1) is 16.4. The van der Waals surface area contributed by atoms with Gasteiger partial charge in [-0.3, -0.25) is 9.69 Å². The third kappa shape index (κ3) is 4.79. The fraction of sp³-hybridized carbons (Fsp3) is 0.300. The quantitative estimate of drug-likeness (QED) is 0.331. The molecule has 1 N–H and O–H groups in total. The Bertz CT molecular complexity index is 1290. The number of nitrogens with one attached hydrogen (secondary N) is 1. The number of thiophene rings is 1. The second kappa shape index (κ2) is 9.36. The number of rotatable bonds is 4. The Morgan fingerprint density at radius 3 is 2.38 bits per heavy atom. The minimum absolute atomic E-state index is 0.0765. The molecule has 34 heavy (non-hydrogen) atoms. The molecule has 0 spiro atoms. The van der Waals surface area contributed by atoms with Gasteiger partial charge in [0.05, 0.1) is 0 Å². The molecule has 0 atom stereocenters. The molecule has 1 amide bonds. The van der Waals surface area contributed by atoms with Gasteiger partial charge in [0, 0.05) is 21.5 Å². The normalized spacial score (nSPS) is 15.5. The zero-order valence-corrected chi connectivity index (χ0v) is 21.0. The molecule has 4 heteroatoms. The van der Waals surface area contributed by atoms with Crippen LogP contribution in [-0.4, -0.2) is 29.4 Å². The number of hydrogen-bond donors (Lipinski definition) is 1. The summed E-state index contributed by atoms with van der Waals surface area (Å²) in [4.78, 5) is 15.7. The third-order valence-corrected chi connectivity index (χ3v) is 7.96. The van der Waals surface area contributed by atoms with Crippen molar-refractivity contribution >= 4 is 33.0 Å². The molecule has 0 saturated carbocycles. The second-order valence-electron chi connectivity index (χ2n) is 10.2. The standard InChI is InChI=1S/C30H32N2OS/c1-30(2,3)32-16-14-22(15-17-32)27-20-34-28-13-12-25(19-26(27)28)31-29(33)24-11-7-10-23(18-24)21-8-5-4-6-9-21/h4-13,18-20,22H,14-17H2,1-3H3,(H,31,33). The van der Waals surface area contributed by atoms with E-state index in [1.807, 2.05) is 59.9 Å². The number of hydrogen-bond acceptors (Lipinski definition) is 3. The number of anilines is 1. The van der Waals surface area contributed by atoms with E-state index >= 15 is 0 Å². The van der Waals surface area contributed by atoms with E-state index in [0.29, 0.717) is 11.5 Å². The molecule has 174 valence electrons. The van der Waals surface area contributed by atoms with E-state index in [1.54, 1.807) is 0 Å². The van der Waals surface area contributed by atoms with Crippen LogP contribution in [0.3, 0.4) is 0 Å². The topological polar surface area (TPSA) is 32.3 Å². The SMILES string of the molecule is CC(C)(C)N1CCC(c2csc3ccc(NC(=O)c4cccc(-c5ccccc5)c4)cc23)CC1. The van der Waals surface area contributed by atoms with E-state index in [9.17, 15) is 4.79 Å². The maximum absolute atomic E-state index is 13.1. The summed E-state index contributed by atoms with van der Waals surface area (Å²) < 4.78 is 1.29. The van der Waals surface area contributed by atoms with E-state index < -0.39 is 0 Å². The Morgan fingerprint density at radius 1 is 0.912 bits per heavy atom. The summed E-state index contributed by atoms with van der Waals surface area (Å²) in [6.45, 7) is 9.19. The molecule has 0 aliphatic carbocycles. The van der Waals surface area contributed by atoms with Gasteiger partial charge in [0.1, 0.15) is 0 Å². The summed E-state index contributed by atoms with van der Waals surface area (Å²) in [6.07, 6.45) is 2.37. The lowest BCUT2D eigenvalue weighted by Gasteiger charge is -2.41. The van der Waals surface area contributed by atoms with Crippen molar-refractivity contribution in [1.29, 1.82) is 0 Å². The molecular weight excluding hydrogens is 436 g/mol. The predicted molar refractivity (Wildman–Crippen MR) is 145 cm³/mol. The van der Waals surface area contributed by atoms with Gasteiger partial charge in [-0.2, -0.15) is 0 Å². The van der Waals surface area contributed by atoms with Crippen LogP contribution in [0.5, 0.6) is 0 Å². The molecule has 1 aromatic heterocycles. The maximum atomic E-state index is 13.1. The van der Waals surface area contributed by atoms with Crippen LogP contribution in [0.25, 0.3) is 21.2 Å². The van der Waals surface area contributed by atoms with Gasteiger partial charge in [-0.05, 0) is 110 Å². The zero-order chi connectivity index (χ0) is 23.7. The second-order valence-corrected chi connectivity index (χ2v) is 11.1. The molecule has 1 aliphatic rings. The molecule has 2 heterocycles. The van der Waals surface area contributed by atoms with E-state index in [2.05, 4.69) is 60.6 Å². The lowest BCUT2D eigenvalue weighted by Crippen LogP contribution is -2.45. The van der Waals surface area contributed by atoms with Crippen molar-refractivity contribution in [3.05, 3.63) is 89.3 Å². The summed E-state index contributed by atoms with van der Waals surface area (Å²) in [5, 5.41) is 6.75. The van der Waals surface area contributed by atoms with Gasteiger partial charge in [-0.25, -0.2) is 0 Å². The highest BCUT2D eigenvalue weighted by Crippen LogP contribution is 2.39. The average molecular weight is 469 g/mol. The smallest absolute Gasteiger partial charge is 0.255 e. The highest BCUT2D eigenvalue weighted by molar-refractivity contribution is 7.17. The van der Waals surface area contributed by atoms with Gasteiger partial charge >= 0.3 is 0 Å². The van der Waals surface area contributed by atoms with E-state index in [1.165, 1.54) is 28.5 Å². The van der Waals surface area contributed by atoms with E-state index in [-0.39, 0.29) is 11.4 Å². The van der Waals surface area contributed by atoms with Crippen LogP contribution in [0.4, 0.5) is 5.69 Å². The molecular formula is C30H32N2OS. The first-order valence-electron chi connectivity index (χ1n) is 12.1. The first kappa shape index (κ1) is 22.8. The fourth-order valence-electron chi connectivity index (χ4n) is 4.98. The van der Waals surface area contributed by atoms with Crippen molar-refractivity contribution in [2.75, 3.05) is 18.4 Å². The number of carbonyl (C=O) groups is 1. The average Bonchev–Trinajstić information content (AvgIpc) is 3.27. The summed E-state index contributed by atoms with van der Waals surface area (Å²) in [5.41, 5.74) is 5.35. The van der Waals surface area contributed by atoms with Crippen LogP contribution < -0.4 is 5.32 Å². The van der Waals surface area contributed by atoms with Crippen LogP contribution in [0, 0.1) is 0 Å². The van der Waals surface area contributed by atoms with Crippen LogP contribution >= 0.6 is 11.3 Å². The van der Waals surface area contributed by atoms with Gasteiger partial charge in [-0.15, -0.1) is 11.3 Å². The summed E-state index contributed by atoms with van der Waals surface area (Å²) in [5.74, 6) is 0.508. The number of fused-ring (bicyclic) bond motifs is 1. The molecule has 3 aromatic carbocycles. The number of carbonyl (C=O) groups excluding carboxylic acids is 1. The molecule has 1 aliphatic heterocycles. The minimum Gasteiger partial charge on any atom is -0.322 e. The molecule has 4 aromatic rings. The molecule has 0 unspecified atom stereocenters. The lowest BCUT2D eigenvalue weighted by molar-refractivity contribution is 0.102. The predicted octanol–water partition coefficient (Wildman–Crippen LogP) is 7.80. The Kier molecular flexibility index (Phi) is 6.28. The first-order valence-corrected chi connectivity index (χ1v) is 13.0. The van der Waals surface area contributed by atoms with Gasteiger partial charge in [-0.1, -0.05) is 42.5 Å². The number of amides is 1. The number of benzene rings is 3. The summed E-state index contributed by atoms with van der Waals surface area (Å²) in [7, 11) is 0. The zero-order valence-electron chi connectivity index (χ0n) is 20.2. The summed E-state index contributed by atoms with van der Waals surface area (Å²) >= 11 is 1.81. The van der Waals surface area contributed by atoms with Crippen molar-refractivity contribution < 1.29 is 4.79 Å². The fourth-order valence-corrected chi connectivity index (χ4v) is 6.00. The van der Waals surface area contributed by atoms with Crippen molar-refractivity contribution in [3.8, 4) is 11.1 Å². The minimum atomic E-state index is -0.0765. The van der Waals surface area contributed by atoms with E-state index in [0.717, 1.165) is 29.9 Å². The largest absolute Gasteiger partial charge is 0.322 e. The van der Waals surface area contributed by atoms with Gasteiger partial charge in [0.25, 0.3) is 5.91 Å². The molecule has 5 rings (SSSR count). The molecule has 0 radical (unpaired) electrons. The van der Waals surface area contributed by atoms with Crippen molar-refractivity contribution in [2.45, 2.75) is 45.1 Å². The highest BCUT2D eigenvalue weighted by Gasteiger charge is 2.28. The van der Waals surface area contributed by atoms with Crippen molar-refractivity contribution in [3.63, 3.8) is 0 Å². The Morgan fingerprint density at radius 2 is 1.65 bits per heavy atom. The Labute approximate surface area is 206 Å². The highest BCUT2D eigenvalue weighted by atomic mass is 32.1. The number of piperidine rings is 1. The van der Waals surface area contributed by atoms with Gasteiger partial charge in [0.15, 0.2) is 0 Å². The molecule has 1 fully saturated rings. The van der Waals surface area contributed by atoms with Crippen LogP contribution in [-0.2, 0) is 0 Å². The number of likely N-dealkylation sites (tertiary alicyclic amines) is 1. The van der Waals surface area contributed by atoms with Crippen LogP contribution in [0.1, 0.15) is 55.5 Å². The van der Waals surface area contributed by atoms with Crippen LogP contribution in [0.15, 0.2) is 78.2 Å². The number of nitrogens with zero attached hydrogens (tertiary/aromatic N) is 1. The molecule has 1 saturated heterocycles. The summed E-state index contributed by atoms with van der Waals surface area (Å²) in [6, 6.07) is 24.3. The lowest BCUT2D eigenvalue weighted by atomic mass is 9.87. The van der Waals surface area contributed by atoms with Gasteiger partial charge in [0.2, 0.25) is 0 Å².